The molecule has 1 aromatic rings. The zero-order valence-corrected chi connectivity index (χ0v) is 8.49. The Kier molecular flexibility index (Phi) is 2.82. The molecule has 0 amide bonds. The quantitative estimate of drug-likeness (QED) is 0.713. The van der Waals surface area contributed by atoms with E-state index in [-0.39, 0.29) is 0 Å². The summed E-state index contributed by atoms with van der Waals surface area (Å²) in [5.41, 5.74) is 2.55. The van der Waals surface area contributed by atoms with Gasteiger partial charge in [-0.3, -0.25) is 0 Å². The predicted octanol–water partition coefficient (Wildman–Crippen LogP) is 3.05. The molecule has 0 N–H and O–H groups in total. The minimum atomic E-state index is 0.751. The first-order valence-corrected chi connectivity index (χ1v) is 5.10. The van der Waals surface area contributed by atoms with E-state index in [0.717, 1.165) is 17.9 Å². The van der Waals surface area contributed by atoms with Crippen LogP contribution in [0.4, 0.5) is 0 Å². The van der Waals surface area contributed by atoms with E-state index < -0.39 is 0 Å². The van der Waals surface area contributed by atoms with Crippen LogP contribution in [-0.4, -0.2) is 12.1 Å². The summed E-state index contributed by atoms with van der Waals surface area (Å²) in [5.74, 6) is 0.751. The highest BCUT2D eigenvalue weighted by atomic mass is 16.5. The Morgan fingerprint density at radius 2 is 2.29 bits per heavy atom. The fraction of sp³-hybridized carbons (Fsp3) is 0.417. The highest BCUT2D eigenvalue weighted by Crippen LogP contribution is 2.30. The summed E-state index contributed by atoms with van der Waals surface area (Å²) in [7, 11) is 1.68. The molecule has 0 aromatic carbocycles. The van der Waals surface area contributed by atoms with E-state index in [2.05, 4.69) is 17.1 Å². The minimum Gasteiger partial charge on any atom is -0.481 e. The van der Waals surface area contributed by atoms with Crippen LogP contribution >= 0.6 is 0 Å². The van der Waals surface area contributed by atoms with Gasteiger partial charge in [-0.25, -0.2) is 4.98 Å². The van der Waals surface area contributed by atoms with Gasteiger partial charge in [-0.15, -0.1) is 0 Å². The van der Waals surface area contributed by atoms with Crippen LogP contribution in [-0.2, 0) is 0 Å². The number of methoxy groups -OCH3 is 1. The van der Waals surface area contributed by atoms with Gasteiger partial charge >= 0.3 is 0 Å². The molecule has 2 rings (SSSR count). The Morgan fingerprint density at radius 3 is 3.00 bits per heavy atom. The Morgan fingerprint density at radius 1 is 1.36 bits per heavy atom. The topological polar surface area (TPSA) is 22.1 Å². The molecule has 1 aliphatic rings. The molecule has 2 heteroatoms. The lowest BCUT2D eigenvalue weighted by Crippen LogP contribution is -1.97. The van der Waals surface area contributed by atoms with Crippen LogP contribution in [0.2, 0.25) is 0 Å². The normalized spacial score (nSPS) is 16.2. The Bertz CT molecular complexity index is 344. The summed E-state index contributed by atoms with van der Waals surface area (Å²) in [6, 6.07) is 4.05. The van der Waals surface area contributed by atoms with Gasteiger partial charge in [-0.2, -0.15) is 0 Å². The van der Waals surface area contributed by atoms with Crippen molar-refractivity contribution in [2.24, 2.45) is 0 Å². The highest BCUT2D eigenvalue weighted by molar-refractivity contribution is 5.69. The maximum Gasteiger partial charge on any atom is 0.220 e. The van der Waals surface area contributed by atoms with E-state index in [9.17, 15) is 0 Å². The first-order valence-electron chi connectivity index (χ1n) is 5.10. The smallest absolute Gasteiger partial charge is 0.220 e. The van der Waals surface area contributed by atoms with Gasteiger partial charge in [-0.05, 0) is 43.4 Å². The molecule has 0 unspecified atom stereocenters. The van der Waals surface area contributed by atoms with Gasteiger partial charge in [0.15, 0.2) is 0 Å². The van der Waals surface area contributed by atoms with Crippen LogP contribution in [0.15, 0.2) is 24.4 Å². The van der Waals surface area contributed by atoms with E-state index in [1.54, 1.807) is 13.3 Å². The lowest BCUT2D eigenvalue weighted by Gasteiger charge is -2.14. The standard InChI is InChI=1S/C12H15NO/c1-14-12-11(8-5-9-13-12)10-6-3-2-4-7-10/h5-6,8-9H,2-4,7H2,1H3. The van der Waals surface area contributed by atoms with E-state index in [4.69, 9.17) is 4.74 Å². The number of aromatic nitrogens is 1. The molecule has 14 heavy (non-hydrogen) atoms. The molecule has 0 radical (unpaired) electrons. The predicted molar refractivity (Wildman–Crippen MR) is 57.2 cm³/mol. The van der Waals surface area contributed by atoms with E-state index >= 15 is 0 Å². The zero-order valence-electron chi connectivity index (χ0n) is 8.49. The first-order chi connectivity index (χ1) is 6.92. The SMILES string of the molecule is COc1ncccc1C1=CCCCC1. The summed E-state index contributed by atoms with van der Waals surface area (Å²) in [4.78, 5) is 4.21. The van der Waals surface area contributed by atoms with Crippen LogP contribution in [0.3, 0.4) is 0 Å². The Hall–Kier alpha value is -1.31. The number of nitrogens with zero attached hydrogens (tertiary/aromatic N) is 1. The maximum absolute atomic E-state index is 5.25. The van der Waals surface area contributed by atoms with E-state index in [0.29, 0.717) is 0 Å². The van der Waals surface area contributed by atoms with Crippen LogP contribution < -0.4 is 4.74 Å². The number of hydrogen-bond acceptors (Lipinski definition) is 2. The highest BCUT2D eigenvalue weighted by Gasteiger charge is 2.10. The molecule has 0 saturated carbocycles. The van der Waals surface area contributed by atoms with Crippen molar-refractivity contribution in [3.63, 3.8) is 0 Å². The second-order valence-electron chi connectivity index (χ2n) is 3.54. The molecule has 1 heterocycles. The lowest BCUT2D eigenvalue weighted by atomic mass is 9.94. The van der Waals surface area contributed by atoms with Crippen LogP contribution in [0, 0.1) is 0 Å². The number of ether oxygens (including phenoxy) is 1. The molecule has 0 bridgehead atoms. The van der Waals surface area contributed by atoms with Crippen molar-refractivity contribution in [2.45, 2.75) is 25.7 Å². The fourth-order valence-corrected chi connectivity index (χ4v) is 1.88. The van der Waals surface area contributed by atoms with Gasteiger partial charge in [0.25, 0.3) is 0 Å². The molecular weight excluding hydrogens is 174 g/mol. The van der Waals surface area contributed by atoms with Gasteiger partial charge in [0.1, 0.15) is 0 Å². The molecule has 0 aliphatic heterocycles. The average molecular weight is 189 g/mol. The van der Waals surface area contributed by atoms with Crippen LogP contribution in [0.1, 0.15) is 31.2 Å². The molecular formula is C12H15NO. The van der Waals surface area contributed by atoms with Crippen molar-refractivity contribution in [2.75, 3.05) is 7.11 Å². The Balaban J connectivity index is 2.34. The van der Waals surface area contributed by atoms with Crippen molar-refractivity contribution in [3.8, 4) is 5.88 Å². The summed E-state index contributed by atoms with van der Waals surface area (Å²) >= 11 is 0. The van der Waals surface area contributed by atoms with Crippen LogP contribution in [0.5, 0.6) is 5.88 Å². The van der Waals surface area contributed by atoms with Crippen molar-refractivity contribution >= 4 is 5.57 Å². The van der Waals surface area contributed by atoms with Crippen molar-refractivity contribution < 1.29 is 4.74 Å². The second kappa shape index (κ2) is 4.27. The third-order valence-corrected chi connectivity index (χ3v) is 2.60. The number of pyridine rings is 1. The molecule has 0 spiro atoms. The Labute approximate surface area is 84.6 Å². The van der Waals surface area contributed by atoms with Gasteiger partial charge in [-0.1, -0.05) is 6.08 Å². The van der Waals surface area contributed by atoms with Crippen LogP contribution in [0.25, 0.3) is 5.57 Å². The van der Waals surface area contributed by atoms with E-state index in [1.807, 2.05) is 6.07 Å². The first kappa shape index (κ1) is 9.25. The fourth-order valence-electron chi connectivity index (χ4n) is 1.88. The summed E-state index contributed by atoms with van der Waals surface area (Å²) < 4.78 is 5.25. The molecule has 0 saturated heterocycles. The van der Waals surface area contributed by atoms with Crippen molar-refractivity contribution in [1.82, 2.24) is 4.98 Å². The third-order valence-electron chi connectivity index (χ3n) is 2.60. The summed E-state index contributed by atoms with van der Waals surface area (Å²) in [6.07, 6.45) is 9.01. The minimum absolute atomic E-state index is 0.751. The number of rotatable bonds is 2. The third kappa shape index (κ3) is 1.79. The van der Waals surface area contributed by atoms with Crippen molar-refractivity contribution in [1.29, 1.82) is 0 Å². The molecule has 2 nitrogen and oxygen atoms in total. The molecule has 0 atom stereocenters. The lowest BCUT2D eigenvalue weighted by molar-refractivity contribution is 0.396. The number of hydrogen-bond donors (Lipinski definition) is 0. The largest absolute Gasteiger partial charge is 0.481 e. The average Bonchev–Trinajstić information content (AvgIpc) is 2.30. The molecule has 1 aromatic heterocycles. The maximum atomic E-state index is 5.25. The molecule has 0 fully saturated rings. The van der Waals surface area contributed by atoms with E-state index in [1.165, 1.54) is 24.8 Å². The molecule has 74 valence electrons. The summed E-state index contributed by atoms with van der Waals surface area (Å²) in [6.45, 7) is 0. The molecule has 1 aliphatic carbocycles. The summed E-state index contributed by atoms with van der Waals surface area (Å²) in [5, 5.41) is 0. The zero-order chi connectivity index (χ0) is 9.80. The monoisotopic (exact) mass is 189 g/mol. The van der Waals surface area contributed by atoms with Gasteiger partial charge < -0.3 is 4.74 Å². The second-order valence-corrected chi connectivity index (χ2v) is 3.54. The van der Waals surface area contributed by atoms with Gasteiger partial charge in [0.2, 0.25) is 5.88 Å². The van der Waals surface area contributed by atoms with Crippen molar-refractivity contribution in [3.05, 3.63) is 30.0 Å². The number of allylic oxidation sites excluding steroid dienone is 2. The van der Waals surface area contributed by atoms with Gasteiger partial charge in [0, 0.05) is 11.8 Å². The van der Waals surface area contributed by atoms with Gasteiger partial charge in [0.05, 0.1) is 7.11 Å².